The molecule has 2 aromatic carbocycles. The van der Waals surface area contributed by atoms with Crippen LogP contribution < -0.4 is 5.32 Å². The van der Waals surface area contributed by atoms with Crippen molar-refractivity contribution in [2.75, 3.05) is 13.2 Å². The number of nitrogens with one attached hydrogen (secondary N) is 1. The largest absolute Gasteiger partial charge is 0.352 e. The van der Waals surface area contributed by atoms with Gasteiger partial charge in [-0.05, 0) is 6.42 Å². The van der Waals surface area contributed by atoms with Crippen molar-refractivity contribution < 1.29 is 4.74 Å². The van der Waals surface area contributed by atoms with Gasteiger partial charge >= 0.3 is 0 Å². The summed E-state index contributed by atoms with van der Waals surface area (Å²) in [5.41, 5.74) is 1.84. The van der Waals surface area contributed by atoms with Crippen LogP contribution in [-0.2, 0) is 10.5 Å². The van der Waals surface area contributed by atoms with Gasteiger partial charge in [0.2, 0.25) is 0 Å². The Hall–Kier alpha value is -1.64. The Morgan fingerprint density at radius 3 is 1.83 bits per heavy atom. The fraction of sp³-hybridized carbons (Fsp3) is 0.250. The van der Waals surface area contributed by atoms with Gasteiger partial charge in [-0.3, -0.25) is 5.32 Å². The van der Waals surface area contributed by atoms with Crippen molar-refractivity contribution in [3.05, 3.63) is 71.8 Å². The third-order valence-electron chi connectivity index (χ3n) is 3.37. The lowest BCUT2D eigenvalue weighted by molar-refractivity contribution is -0.0704. The maximum atomic E-state index is 6.13. The van der Waals surface area contributed by atoms with E-state index in [2.05, 4.69) is 53.8 Å². The molecule has 1 saturated heterocycles. The van der Waals surface area contributed by atoms with E-state index in [0.717, 1.165) is 30.7 Å². The smallest absolute Gasteiger partial charge is 0.171 e. The van der Waals surface area contributed by atoms with E-state index in [-0.39, 0.29) is 0 Å². The van der Waals surface area contributed by atoms with E-state index in [9.17, 15) is 0 Å². The zero-order valence-electron chi connectivity index (χ0n) is 10.3. The van der Waals surface area contributed by atoms with Gasteiger partial charge in [0, 0.05) is 17.7 Å². The Morgan fingerprint density at radius 2 is 1.39 bits per heavy atom. The molecule has 0 spiro atoms. The number of rotatable bonds is 2. The molecule has 0 radical (unpaired) electrons. The molecule has 0 saturated carbocycles. The quantitative estimate of drug-likeness (QED) is 0.870. The summed E-state index contributed by atoms with van der Waals surface area (Å²) < 4.78 is 6.13. The van der Waals surface area contributed by atoms with Gasteiger partial charge in [-0.25, -0.2) is 0 Å². The maximum absolute atomic E-state index is 6.13. The van der Waals surface area contributed by atoms with Gasteiger partial charge in [-0.1, -0.05) is 60.7 Å². The van der Waals surface area contributed by atoms with Crippen LogP contribution in [0.4, 0.5) is 0 Å². The zero-order chi connectivity index (χ0) is 12.3. The van der Waals surface area contributed by atoms with E-state index in [1.807, 2.05) is 12.1 Å². The fourth-order valence-corrected chi connectivity index (χ4v) is 2.50. The molecule has 1 fully saturated rings. The highest BCUT2D eigenvalue weighted by atomic mass is 16.5. The van der Waals surface area contributed by atoms with Crippen molar-refractivity contribution in [3.8, 4) is 0 Å². The minimum atomic E-state index is -0.485. The van der Waals surface area contributed by atoms with E-state index in [1.54, 1.807) is 0 Å². The second kappa shape index (κ2) is 4.92. The van der Waals surface area contributed by atoms with Crippen LogP contribution >= 0.6 is 0 Å². The van der Waals surface area contributed by atoms with E-state index in [4.69, 9.17) is 4.74 Å². The summed E-state index contributed by atoms with van der Waals surface area (Å²) in [7, 11) is 0. The van der Waals surface area contributed by atoms with Gasteiger partial charge in [0.15, 0.2) is 5.72 Å². The molecule has 92 valence electrons. The molecule has 0 aliphatic carbocycles. The van der Waals surface area contributed by atoms with E-state index in [1.165, 1.54) is 0 Å². The molecule has 2 heteroatoms. The third kappa shape index (κ3) is 1.94. The van der Waals surface area contributed by atoms with Crippen molar-refractivity contribution in [1.82, 2.24) is 5.32 Å². The summed E-state index contributed by atoms with van der Waals surface area (Å²) in [6, 6.07) is 20.8. The molecule has 2 nitrogen and oxygen atoms in total. The van der Waals surface area contributed by atoms with Gasteiger partial charge in [0.05, 0.1) is 6.61 Å². The molecule has 0 unspecified atom stereocenters. The van der Waals surface area contributed by atoms with E-state index < -0.39 is 5.72 Å². The summed E-state index contributed by atoms with van der Waals surface area (Å²) in [5, 5.41) is 3.54. The summed E-state index contributed by atoms with van der Waals surface area (Å²) >= 11 is 0. The predicted molar refractivity (Wildman–Crippen MR) is 72.2 cm³/mol. The number of hydrogen-bond acceptors (Lipinski definition) is 2. The number of hydrogen-bond donors (Lipinski definition) is 1. The molecule has 1 heterocycles. The Bertz CT molecular complexity index is 448. The molecule has 0 bridgehead atoms. The van der Waals surface area contributed by atoms with Crippen molar-refractivity contribution in [3.63, 3.8) is 0 Å². The maximum Gasteiger partial charge on any atom is 0.171 e. The molecule has 1 aliphatic rings. The Morgan fingerprint density at radius 1 is 0.833 bits per heavy atom. The van der Waals surface area contributed by atoms with Crippen LogP contribution in [0.5, 0.6) is 0 Å². The van der Waals surface area contributed by atoms with E-state index >= 15 is 0 Å². The molecule has 1 N–H and O–H groups in total. The first-order chi connectivity index (χ1) is 8.92. The standard InChI is InChI=1S/C16H17NO/c1-3-8-14(9-4-1)16(17-12-7-13-18-16)15-10-5-2-6-11-15/h1-6,8-11,17H,7,12-13H2. The minimum Gasteiger partial charge on any atom is -0.352 e. The minimum absolute atomic E-state index is 0.485. The lowest BCUT2D eigenvalue weighted by Crippen LogP contribution is -2.50. The van der Waals surface area contributed by atoms with Gasteiger partial charge in [0.25, 0.3) is 0 Å². The fourth-order valence-electron chi connectivity index (χ4n) is 2.50. The number of benzene rings is 2. The number of ether oxygens (including phenoxy) is 1. The highest BCUT2D eigenvalue weighted by Crippen LogP contribution is 2.32. The molecular formula is C16H17NO. The monoisotopic (exact) mass is 239 g/mol. The molecule has 2 aromatic rings. The van der Waals surface area contributed by atoms with Crippen LogP contribution in [-0.4, -0.2) is 13.2 Å². The second-order valence-electron chi connectivity index (χ2n) is 4.54. The van der Waals surface area contributed by atoms with Gasteiger partial charge in [-0.15, -0.1) is 0 Å². The lowest BCUT2D eigenvalue weighted by atomic mass is 9.93. The molecule has 1 aliphatic heterocycles. The van der Waals surface area contributed by atoms with Crippen LogP contribution in [0.1, 0.15) is 17.5 Å². The second-order valence-corrected chi connectivity index (χ2v) is 4.54. The first-order valence-electron chi connectivity index (χ1n) is 6.42. The topological polar surface area (TPSA) is 21.3 Å². The van der Waals surface area contributed by atoms with Crippen LogP contribution in [0.25, 0.3) is 0 Å². The average Bonchev–Trinajstić information content (AvgIpc) is 2.50. The first-order valence-corrected chi connectivity index (χ1v) is 6.42. The Kier molecular flexibility index (Phi) is 3.13. The SMILES string of the molecule is c1ccc(C2(c3ccccc3)NCCCO2)cc1. The van der Waals surface area contributed by atoms with Crippen LogP contribution in [0.3, 0.4) is 0 Å². The molecule has 0 aromatic heterocycles. The van der Waals surface area contributed by atoms with Crippen LogP contribution in [0.2, 0.25) is 0 Å². The normalized spacial score (nSPS) is 18.4. The first kappa shape index (κ1) is 11.5. The van der Waals surface area contributed by atoms with Gasteiger partial charge < -0.3 is 4.74 Å². The van der Waals surface area contributed by atoms with Gasteiger partial charge in [-0.2, -0.15) is 0 Å². The van der Waals surface area contributed by atoms with Crippen molar-refractivity contribution >= 4 is 0 Å². The van der Waals surface area contributed by atoms with Crippen LogP contribution in [0, 0.1) is 0 Å². The van der Waals surface area contributed by atoms with Crippen molar-refractivity contribution in [1.29, 1.82) is 0 Å². The summed E-state index contributed by atoms with van der Waals surface area (Å²) in [4.78, 5) is 0. The average molecular weight is 239 g/mol. The summed E-state index contributed by atoms with van der Waals surface area (Å²) in [5.74, 6) is 0. The van der Waals surface area contributed by atoms with E-state index in [0.29, 0.717) is 0 Å². The molecule has 3 rings (SSSR count). The summed E-state index contributed by atoms with van der Waals surface area (Å²) in [6.45, 7) is 1.76. The van der Waals surface area contributed by atoms with Crippen molar-refractivity contribution in [2.45, 2.75) is 12.1 Å². The highest BCUT2D eigenvalue weighted by Gasteiger charge is 2.36. The Labute approximate surface area is 108 Å². The molecule has 18 heavy (non-hydrogen) atoms. The summed E-state index contributed by atoms with van der Waals surface area (Å²) in [6.07, 6.45) is 1.06. The molecule has 0 amide bonds. The lowest BCUT2D eigenvalue weighted by Gasteiger charge is -2.39. The van der Waals surface area contributed by atoms with Gasteiger partial charge in [0.1, 0.15) is 0 Å². The third-order valence-corrected chi connectivity index (χ3v) is 3.37. The Balaban J connectivity index is 2.10. The zero-order valence-corrected chi connectivity index (χ0v) is 10.3. The van der Waals surface area contributed by atoms with Crippen molar-refractivity contribution in [2.24, 2.45) is 0 Å². The molecular weight excluding hydrogens is 222 g/mol. The predicted octanol–water partition coefficient (Wildman–Crippen LogP) is 2.90. The molecule has 0 atom stereocenters. The van der Waals surface area contributed by atoms with Crippen LogP contribution in [0.15, 0.2) is 60.7 Å². The highest BCUT2D eigenvalue weighted by molar-refractivity contribution is 5.35.